The number of ether oxygens (including phenoxy) is 4. The van der Waals surface area contributed by atoms with Gasteiger partial charge in [0, 0.05) is 12.8 Å². The summed E-state index contributed by atoms with van der Waals surface area (Å²) in [5.41, 5.74) is 0. The van der Waals surface area contributed by atoms with E-state index in [0.29, 0.717) is 23.9 Å². The molecule has 0 aromatic heterocycles. The van der Waals surface area contributed by atoms with Crippen molar-refractivity contribution in [1.82, 2.24) is 0 Å². The number of carbonyl (C=O) groups excluding carboxylic acids is 2. The first-order valence-electron chi connectivity index (χ1n) is 34.9. The maximum Gasteiger partial charge on any atom is 0.361 e. The molecule has 0 bridgehead atoms. The summed E-state index contributed by atoms with van der Waals surface area (Å²) in [5, 5.41) is 9.75. The molecule has 0 aliphatic carbocycles. The molecule has 0 fully saturated rings. The average molecular weight is 1180 g/mol. The minimum absolute atomic E-state index is 0.183. The van der Waals surface area contributed by atoms with E-state index in [1.807, 2.05) is 21.1 Å². The summed E-state index contributed by atoms with van der Waals surface area (Å²) >= 11 is 0. The highest BCUT2D eigenvalue weighted by molar-refractivity contribution is 5.71. The van der Waals surface area contributed by atoms with Crippen LogP contribution in [0.15, 0.2) is 97.2 Å². The fourth-order valence-electron chi connectivity index (χ4n) is 9.80. The van der Waals surface area contributed by atoms with E-state index in [0.717, 1.165) is 96.3 Å². The highest BCUT2D eigenvalue weighted by Gasteiger charge is 2.25. The standard InChI is InChI=1S/C75H131NO8/c1-6-8-10-12-14-16-18-20-22-24-26-28-30-32-34-35-36-37-38-39-40-42-44-46-48-50-52-54-56-58-60-62-64-66-73(78)84-71(70-83-75(74(79)80)81-68-67-76(3,4)5)69-82-72(77)65-63-61-59-57-55-53-51-49-47-45-43-41-33-31-29-27-25-23-21-19-17-15-13-11-9-7-2/h8,10,14,16,20,22,26,28,32,34,36-37,39-40,44,46,71,75H,6-7,9,11-13,15,17-19,21,23-25,27,29-31,33,35,38,41-43,45,47-70H2,1-5H3/p+1/b10-8-,16-14-,22-20-,28-26-,34-32-,37-36-,40-39-,46-44-. The van der Waals surface area contributed by atoms with Crippen molar-refractivity contribution in [2.45, 2.75) is 315 Å². The Morgan fingerprint density at radius 1 is 0.369 bits per heavy atom. The lowest BCUT2D eigenvalue weighted by molar-refractivity contribution is -0.870. The van der Waals surface area contributed by atoms with Gasteiger partial charge in [-0.15, -0.1) is 0 Å². The number of likely N-dealkylation sites (N-methyl/N-ethyl adjacent to an activating group) is 1. The van der Waals surface area contributed by atoms with Crippen LogP contribution in [0.25, 0.3) is 0 Å². The number of nitrogens with zero attached hydrogens (tertiary/aromatic N) is 1. The number of carbonyl (C=O) groups is 3. The number of rotatable bonds is 64. The molecule has 1 N–H and O–H groups in total. The van der Waals surface area contributed by atoms with Crippen molar-refractivity contribution < 1.29 is 42.9 Å². The van der Waals surface area contributed by atoms with Gasteiger partial charge in [0.25, 0.3) is 6.29 Å². The third kappa shape index (κ3) is 65.7. The normalized spacial score (nSPS) is 13.3. The number of quaternary nitrogens is 1. The molecule has 0 aromatic rings. The Hall–Kier alpha value is -3.79. The number of carboxylic acids is 1. The first-order chi connectivity index (χ1) is 41.1. The largest absolute Gasteiger partial charge is 0.477 e. The van der Waals surface area contributed by atoms with Gasteiger partial charge in [-0.2, -0.15) is 0 Å². The monoisotopic (exact) mass is 1170 g/mol. The molecule has 0 saturated carbocycles. The molecule has 0 aliphatic heterocycles. The molecule has 2 atom stereocenters. The topological polar surface area (TPSA) is 108 Å². The van der Waals surface area contributed by atoms with Crippen LogP contribution in [0.2, 0.25) is 0 Å². The second-order valence-corrected chi connectivity index (χ2v) is 24.5. The zero-order valence-electron chi connectivity index (χ0n) is 55.3. The molecule has 0 saturated heterocycles. The van der Waals surface area contributed by atoms with Crippen molar-refractivity contribution in [3.63, 3.8) is 0 Å². The van der Waals surface area contributed by atoms with E-state index in [-0.39, 0.29) is 32.2 Å². The summed E-state index contributed by atoms with van der Waals surface area (Å²) in [6.45, 7) is 4.79. The maximum absolute atomic E-state index is 12.9. The molecule has 0 aromatic carbocycles. The number of hydrogen-bond donors (Lipinski definition) is 1. The second kappa shape index (κ2) is 65.2. The molecule has 2 unspecified atom stereocenters. The van der Waals surface area contributed by atoms with Crippen molar-refractivity contribution in [2.75, 3.05) is 47.5 Å². The van der Waals surface area contributed by atoms with Crippen molar-refractivity contribution in [1.29, 1.82) is 0 Å². The van der Waals surface area contributed by atoms with Crippen LogP contribution >= 0.6 is 0 Å². The molecule has 0 rings (SSSR count). The number of aliphatic carboxylic acids is 1. The van der Waals surface area contributed by atoms with Gasteiger partial charge in [0.2, 0.25) is 0 Å². The fourth-order valence-corrected chi connectivity index (χ4v) is 9.80. The minimum Gasteiger partial charge on any atom is -0.477 e. The van der Waals surface area contributed by atoms with Gasteiger partial charge in [-0.25, -0.2) is 4.79 Å². The Kier molecular flexibility index (Phi) is 62.2. The van der Waals surface area contributed by atoms with E-state index in [1.165, 1.54) is 173 Å². The van der Waals surface area contributed by atoms with E-state index in [1.54, 1.807) is 0 Å². The SMILES string of the molecule is CC/C=C\C/C=C\C/C=C\C/C=C\C/C=C\C/C=C\C/C=C\C/C=C\CCCCCCCCCCC(=O)OC(COC(=O)CCCCCCCCCCCCCCCCCCCCCCCCCCCC)COC(OCC[N+](C)(C)C)C(=O)O. The van der Waals surface area contributed by atoms with E-state index in [2.05, 4.69) is 111 Å². The van der Waals surface area contributed by atoms with Crippen molar-refractivity contribution in [2.24, 2.45) is 0 Å². The van der Waals surface area contributed by atoms with Gasteiger partial charge in [0.1, 0.15) is 13.2 Å². The highest BCUT2D eigenvalue weighted by atomic mass is 16.7. The van der Waals surface area contributed by atoms with E-state index >= 15 is 0 Å². The van der Waals surface area contributed by atoms with Gasteiger partial charge in [0.15, 0.2) is 6.10 Å². The molecule has 0 radical (unpaired) electrons. The van der Waals surface area contributed by atoms with Crippen LogP contribution in [0.5, 0.6) is 0 Å². The lowest BCUT2D eigenvalue weighted by Gasteiger charge is -2.25. The predicted octanol–water partition coefficient (Wildman–Crippen LogP) is 21.6. The van der Waals surface area contributed by atoms with E-state index in [4.69, 9.17) is 18.9 Å². The fraction of sp³-hybridized carbons (Fsp3) is 0.747. The van der Waals surface area contributed by atoms with Gasteiger partial charge < -0.3 is 28.5 Å². The number of esters is 2. The van der Waals surface area contributed by atoms with Crippen LogP contribution in [-0.4, -0.2) is 87.4 Å². The van der Waals surface area contributed by atoms with E-state index < -0.39 is 24.3 Å². The van der Waals surface area contributed by atoms with Gasteiger partial charge in [-0.3, -0.25) is 9.59 Å². The summed E-state index contributed by atoms with van der Waals surface area (Å²) in [4.78, 5) is 37.6. The molecule has 84 heavy (non-hydrogen) atoms. The summed E-state index contributed by atoms with van der Waals surface area (Å²) in [5.74, 6) is -2.01. The number of carboxylic acid groups (broad SMARTS) is 1. The van der Waals surface area contributed by atoms with Crippen LogP contribution < -0.4 is 0 Å². The van der Waals surface area contributed by atoms with Crippen LogP contribution in [0, 0.1) is 0 Å². The number of allylic oxidation sites excluding steroid dienone is 16. The second-order valence-electron chi connectivity index (χ2n) is 24.5. The lowest BCUT2D eigenvalue weighted by atomic mass is 10.0. The van der Waals surface area contributed by atoms with Crippen molar-refractivity contribution >= 4 is 17.9 Å². The van der Waals surface area contributed by atoms with Crippen molar-refractivity contribution in [3.05, 3.63) is 97.2 Å². The first-order valence-corrected chi connectivity index (χ1v) is 34.9. The molecule has 484 valence electrons. The average Bonchev–Trinajstić information content (AvgIpc) is 3.51. The van der Waals surface area contributed by atoms with Crippen LogP contribution in [0.1, 0.15) is 303 Å². The number of unbranched alkanes of at least 4 members (excludes halogenated alkanes) is 33. The van der Waals surface area contributed by atoms with Gasteiger partial charge in [0.05, 0.1) is 34.4 Å². The Labute approximate surface area is 518 Å². The van der Waals surface area contributed by atoms with Gasteiger partial charge >= 0.3 is 17.9 Å². The summed E-state index contributed by atoms with van der Waals surface area (Å²) < 4.78 is 23.0. The molecule has 9 nitrogen and oxygen atoms in total. The Morgan fingerprint density at radius 2 is 0.679 bits per heavy atom. The number of hydrogen-bond acceptors (Lipinski definition) is 7. The molecular formula is C75H132NO8+. The van der Waals surface area contributed by atoms with Crippen LogP contribution in [0.4, 0.5) is 0 Å². The molecule has 0 aliphatic rings. The highest BCUT2D eigenvalue weighted by Crippen LogP contribution is 2.18. The van der Waals surface area contributed by atoms with Gasteiger partial charge in [-0.1, -0.05) is 310 Å². The molecule has 9 heteroatoms. The third-order valence-electron chi connectivity index (χ3n) is 15.1. The molecule has 0 heterocycles. The third-order valence-corrected chi connectivity index (χ3v) is 15.1. The zero-order valence-corrected chi connectivity index (χ0v) is 55.3. The lowest BCUT2D eigenvalue weighted by Crippen LogP contribution is -2.40. The van der Waals surface area contributed by atoms with Crippen molar-refractivity contribution in [3.8, 4) is 0 Å². The zero-order chi connectivity index (χ0) is 61.2. The molecule has 0 amide bonds. The minimum atomic E-state index is -1.52. The predicted molar refractivity (Wildman–Crippen MR) is 359 cm³/mol. The quantitative estimate of drug-likeness (QED) is 0.0211. The smallest absolute Gasteiger partial charge is 0.361 e. The Balaban J connectivity index is 4.16. The van der Waals surface area contributed by atoms with Crippen LogP contribution in [0.3, 0.4) is 0 Å². The Bertz CT molecular complexity index is 1700. The van der Waals surface area contributed by atoms with Crippen LogP contribution in [-0.2, 0) is 33.3 Å². The van der Waals surface area contributed by atoms with E-state index in [9.17, 15) is 19.5 Å². The first kappa shape index (κ1) is 80.2. The molecule has 0 spiro atoms. The maximum atomic E-state index is 12.9. The summed E-state index contributed by atoms with van der Waals surface area (Å²) in [7, 11) is 5.97. The summed E-state index contributed by atoms with van der Waals surface area (Å²) in [6.07, 6.45) is 86.6. The summed E-state index contributed by atoms with van der Waals surface area (Å²) in [6, 6.07) is 0. The Morgan fingerprint density at radius 3 is 1.01 bits per heavy atom. The molecular weight excluding hydrogens is 1040 g/mol. The van der Waals surface area contributed by atoms with Gasteiger partial charge in [-0.05, 0) is 77.0 Å².